The first-order chi connectivity index (χ1) is 14.6. The summed E-state index contributed by atoms with van der Waals surface area (Å²) >= 11 is 3.58. The van der Waals surface area contributed by atoms with Crippen LogP contribution in [0.4, 0.5) is 5.82 Å². The number of hydrogen-bond acceptors (Lipinski definition) is 5. The minimum atomic E-state index is 0.266. The number of fused-ring (bicyclic) bond motifs is 1. The van der Waals surface area contributed by atoms with Crippen LogP contribution >= 0.6 is 15.9 Å². The van der Waals surface area contributed by atoms with Crippen molar-refractivity contribution in [1.82, 2.24) is 24.5 Å². The van der Waals surface area contributed by atoms with Gasteiger partial charge in [-0.15, -0.1) is 0 Å². The fourth-order valence-corrected chi connectivity index (χ4v) is 4.63. The molecule has 4 heterocycles. The quantitative estimate of drug-likeness (QED) is 0.614. The van der Waals surface area contributed by atoms with E-state index in [0.717, 1.165) is 59.5 Å². The summed E-state index contributed by atoms with van der Waals surface area (Å²) in [5, 5.41) is 7.95. The maximum atomic E-state index is 12.6. The number of anilines is 1. The van der Waals surface area contributed by atoms with Gasteiger partial charge in [0.25, 0.3) is 0 Å². The Hall–Kier alpha value is -2.48. The van der Waals surface area contributed by atoms with Gasteiger partial charge in [-0.3, -0.25) is 9.78 Å². The van der Waals surface area contributed by atoms with Gasteiger partial charge in [-0.2, -0.15) is 9.61 Å². The number of nitrogens with zero attached hydrogens (tertiary/aromatic N) is 5. The van der Waals surface area contributed by atoms with Crippen LogP contribution in [0.25, 0.3) is 5.65 Å². The van der Waals surface area contributed by atoms with E-state index in [9.17, 15) is 4.79 Å². The molecule has 0 unspecified atom stereocenters. The second-order valence-electron chi connectivity index (χ2n) is 8.43. The molecule has 2 atom stereocenters. The molecule has 0 bridgehead atoms. The standard InChI is InChI=1S/C22H25BrN6O/c1-14-9-17(14)22(30)28-7-4-16(5-8-28)19-10-20(25-12-15-3-2-6-24-11-15)29-21(27-19)18(23)13-26-29/h2-3,6,10-11,13-14,16-17,25H,4-5,7-9,12H2,1H3/t14-,17-/m1/s1. The van der Waals surface area contributed by atoms with Crippen LogP contribution in [0.5, 0.6) is 0 Å². The Labute approximate surface area is 184 Å². The average Bonchev–Trinajstić information content (AvgIpc) is 3.40. The molecule has 30 heavy (non-hydrogen) atoms. The van der Waals surface area contributed by atoms with Crippen LogP contribution in [0.2, 0.25) is 0 Å². The second kappa shape index (κ2) is 7.98. The highest BCUT2D eigenvalue weighted by Gasteiger charge is 2.42. The van der Waals surface area contributed by atoms with Crippen LogP contribution in [0, 0.1) is 11.8 Å². The minimum Gasteiger partial charge on any atom is -0.366 e. The van der Waals surface area contributed by atoms with Gasteiger partial charge in [0.15, 0.2) is 5.65 Å². The molecule has 7 nitrogen and oxygen atoms in total. The third-order valence-electron chi connectivity index (χ3n) is 6.30. The molecular weight excluding hydrogens is 444 g/mol. The van der Waals surface area contributed by atoms with E-state index in [4.69, 9.17) is 4.98 Å². The largest absolute Gasteiger partial charge is 0.366 e. The molecule has 8 heteroatoms. The van der Waals surface area contributed by atoms with Crippen LogP contribution in [-0.2, 0) is 11.3 Å². The van der Waals surface area contributed by atoms with Gasteiger partial charge < -0.3 is 10.2 Å². The number of piperidine rings is 1. The molecule has 2 fully saturated rings. The van der Waals surface area contributed by atoms with E-state index in [1.54, 1.807) is 12.4 Å². The van der Waals surface area contributed by atoms with Crippen molar-refractivity contribution in [2.45, 2.75) is 38.6 Å². The Morgan fingerprint density at radius 1 is 1.30 bits per heavy atom. The first-order valence-corrected chi connectivity index (χ1v) is 11.3. The molecule has 2 aliphatic rings. The summed E-state index contributed by atoms with van der Waals surface area (Å²) in [6.45, 7) is 4.46. The Morgan fingerprint density at radius 2 is 2.10 bits per heavy atom. The molecule has 0 aromatic carbocycles. The fourth-order valence-electron chi connectivity index (χ4n) is 4.28. The summed E-state index contributed by atoms with van der Waals surface area (Å²) in [4.78, 5) is 23.7. The van der Waals surface area contributed by atoms with Crippen molar-refractivity contribution in [3.63, 3.8) is 0 Å². The summed E-state index contributed by atoms with van der Waals surface area (Å²) in [6, 6.07) is 6.09. The SMILES string of the molecule is C[C@@H]1C[C@H]1C(=O)N1CCC(c2cc(NCc3cccnc3)n3ncc(Br)c3n2)CC1. The molecule has 5 rings (SSSR count). The first kappa shape index (κ1) is 19.5. The predicted octanol–water partition coefficient (Wildman–Crippen LogP) is 3.86. The highest BCUT2D eigenvalue weighted by Crippen LogP contribution is 2.40. The van der Waals surface area contributed by atoms with Gasteiger partial charge in [-0.1, -0.05) is 13.0 Å². The molecule has 1 aliphatic carbocycles. The van der Waals surface area contributed by atoms with Crippen molar-refractivity contribution in [1.29, 1.82) is 0 Å². The Morgan fingerprint density at radius 3 is 2.80 bits per heavy atom. The summed E-state index contributed by atoms with van der Waals surface area (Å²) in [5.41, 5.74) is 2.98. The number of carbonyl (C=O) groups excluding carboxylic acids is 1. The van der Waals surface area contributed by atoms with E-state index in [1.807, 2.05) is 22.8 Å². The topological polar surface area (TPSA) is 75.4 Å². The monoisotopic (exact) mass is 468 g/mol. The van der Waals surface area contributed by atoms with Crippen LogP contribution in [0.15, 0.2) is 41.3 Å². The maximum Gasteiger partial charge on any atom is 0.225 e. The summed E-state index contributed by atoms with van der Waals surface area (Å²) < 4.78 is 2.71. The number of carbonyl (C=O) groups is 1. The number of amides is 1. The number of likely N-dealkylation sites (tertiary alicyclic amines) is 1. The fraction of sp³-hybridized carbons (Fsp3) is 0.455. The molecule has 3 aromatic heterocycles. The van der Waals surface area contributed by atoms with Gasteiger partial charge in [0.05, 0.1) is 10.7 Å². The van der Waals surface area contributed by atoms with Crippen LogP contribution in [-0.4, -0.2) is 43.5 Å². The molecule has 1 amide bonds. The molecule has 3 aromatic rings. The van der Waals surface area contributed by atoms with Crippen LogP contribution in [0.3, 0.4) is 0 Å². The second-order valence-corrected chi connectivity index (χ2v) is 9.28. The Balaban J connectivity index is 1.34. The molecule has 0 radical (unpaired) electrons. The lowest BCUT2D eigenvalue weighted by Gasteiger charge is -2.32. The molecule has 0 spiro atoms. The summed E-state index contributed by atoms with van der Waals surface area (Å²) in [6.07, 6.45) is 8.36. The smallest absolute Gasteiger partial charge is 0.225 e. The third kappa shape index (κ3) is 3.80. The van der Waals surface area contributed by atoms with E-state index < -0.39 is 0 Å². The normalized spacial score (nSPS) is 21.7. The zero-order valence-electron chi connectivity index (χ0n) is 17.0. The summed E-state index contributed by atoms with van der Waals surface area (Å²) in [5.74, 6) is 2.43. The zero-order valence-corrected chi connectivity index (χ0v) is 18.5. The maximum absolute atomic E-state index is 12.6. The van der Waals surface area contributed by atoms with E-state index in [0.29, 0.717) is 24.3 Å². The van der Waals surface area contributed by atoms with E-state index in [-0.39, 0.29) is 5.92 Å². The van der Waals surface area contributed by atoms with Crippen molar-refractivity contribution in [3.05, 3.63) is 52.5 Å². The average molecular weight is 469 g/mol. The first-order valence-electron chi connectivity index (χ1n) is 10.6. The molecule has 1 saturated heterocycles. The number of aromatic nitrogens is 4. The van der Waals surface area contributed by atoms with E-state index in [2.05, 4.69) is 49.2 Å². The van der Waals surface area contributed by atoms with Crippen LogP contribution in [0.1, 0.15) is 43.4 Å². The minimum absolute atomic E-state index is 0.266. The Kier molecular flexibility index (Phi) is 5.18. The highest BCUT2D eigenvalue weighted by atomic mass is 79.9. The number of rotatable bonds is 5. The third-order valence-corrected chi connectivity index (χ3v) is 6.86. The van der Waals surface area contributed by atoms with Crippen molar-refractivity contribution in [3.8, 4) is 0 Å². The van der Waals surface area contributed by atoms with Gasteiger partial charge in [0, 0.05) is 55.6 Å². The highest BCUT2D eigenvalue weighted by molar-refractivity contribution is 9.10. The van der Waals surface area contributed by atoms with E-state index in [1.165, 1.54) is 0 Å². The lowest BCUT2D eigenvalue weighted by Crippen LogP contribution is -2.39. The summed E-state index contributed by atoms with van der Waals surface area (Å²) in [7, 11) is 0. The number of pyridine rings is 1. The Bertz CT molecular complexity index is 1060. The number of hydrogen-bond donors (Lipinski definition) is 1. The molecular formula is C22H25BrN6O. The molecule has 156 valence electrons. The van der Waals surface area contributed by atoms with Crippen LogP contribution < -0.4 is 5.32 Å². The van der Waals surface area contributed by atoms with Gasteiger partial charge in [0.1, 0.15) is 5.82 Å². The molecule has 1 N–H and O–H groups in total. The van der Waals surface area contributed by atoms with Crippen molar-refractivity contribution in [2.75, 3.05) is 18.4 Å². The lowest BCUT2D eigenvalue weighted by molar-refractivity contribution is -0.133. The van der Waals surface area contributed by atoms with Crippen molar-refractivity contribution >= 4 is 33.3 Å². The van der Waals surface area contributed by atoms with E-state index >= 15 is 0 Å². The molecule has 1 aliphatic heterocycles. The predicted molar refractivity (Wildman–Crippen MR) is 118 cm³/mol. The number of halogens is 1. The molecule has 1 saturated carbocycles. The van der Waals surface area contributed by atoms with Crippen molar-refractivity contribution in [2.24, 2.45) is 11.8 Å². The van der Waals surface area contributed by atoms with Gasteiger partial charge in [0.2, 0.25) is 5.91 Å². The van der Waals surface area contributed by atoms with Gasteiger partial charge in [-0.05, 0) is 52.7 Å². The van der Waals surface area contributed by atoms with Gasteiger partial charge in [-0.25, -0.2) is 4.98 Å². The zero-order chi connectivity index (χ0) is 20.7. The lowest BCUT2D eigenvalue weighted by atomic mass is 9.93. The van der Waals surface area contributed by atoms with Gasteiger partial charge >= 0.3 is 0 Å². The number of nitrogens with one attached hydrogen (secondary N) is 1. The van der Waals surface area contributed by atoms with Crippen molar-refractivity contribution < 1.29 is 4.79 Å².